The number of carbonyl (C=O) groups is 1. The molecule has 5 heteroatoms. The predicted molar refractivity (Wildman–Crippen MR) is 63.0 cm³/mol. The molecule has 1 aromatic carbocycles. The lowest BCUT2D eigenvalue weighted by Gasteiger charge is -2.06. The van der Waals surface area contributed by atoms with Gasteiger partial charge in [-0.3, -0.25) is 4.79 Å². The molecule has 0 radical (unpaired) electrons. The van der Waals surface area contributed by atoms with E-state index in [2.05, 4.69) is 0 Å². The molecule has 70 valence electrons. The minimum absolute atomic E-state index is 0.0423. The second-order valence-electron chi connectivity index (χ2n) is 2.49. The van der Waals surface area contributed by atoms with Crippen LogP contribution in [0, 0.1) is 3.57 Å². The van der Waals surface area contributed by atoms with Crippen molar-refractivity contribution in [3.63, 3.8) is 0 Å². The molecule has 0 spiro atoms. The first-order valence-electron chi connectivity index (χ1n) is 3.50. The lowest BCUT2D eigenvalue weighted by atomic mass is 10.1. The first-order valence-corrected chi connectivity index (χ1v) is 5.12. The zero-order chi connectivity index (χ0) is 10.0. The smallest absolute Gasteiger partial charge is 0.178 e. The number of nitrogen functional groups attached to an aromatic ring is 2. The van der Waals surface area contributed by atoms with E-state index in [0.717, 1.165) is 0 Å². The van der Waals surface area contributed by atoms with E-state index < -0.39 is 0 Å². The van der Waals surface area contributed by atoms with Crippen molar-refractivity contribution in [1.82, 2.24) is 0 Å². The van der Waals surface area contributed by atoms with Gasteiger partial charge in [0, 0.05) is 9.13 Å². The maximum absolute atomic E-state index is 11.3. The summed E-state index contributed by atoms with van der Waals surface area (Å²) in [6.45, 7) is 0. The summed E-state index contributed by atoms with van der Waals surface area (Å²) in [5.74, 6) is -0.183. The highest BCUT2D eigenvalue weighted by Gasteiger charge is 2.12. The molecule has 0 aliphatic heterocycles. The number of Topliss-reactive ketones (excluding diaryl/α,β-unsaturated/α-hetero) is 1. The molecule has 0 aliphatic rings. The summed E-state index contributed by atoms with van der Waals surface area (Å²) in [5, 5.41) is 0. The summed E-state index contributed by atoms with van der Waals surface area (Å²) in [5.41, 5.74) is 12.7. The van der Waals surface area contributed by atoms with Crippen LogP contribution < -0.4 is 11.5 Å². The van der Waals surface area contributed by atoms with Crippen LogP contribution in [0.4, 0.5) is 11.4 Å². The van der Waals surface area contributed by atoms with Crippen LogP contribution >= 0.6 is 34.2 Å². The minimum atomic E-state index is -0.141. The molecule has 4 N–H and O–H groups in total. The van der Waals surface area contributed by atoms with Crippen LogP contribution in [-0.2, 0) is 0 Å². The zero-order valence-electron chi connectivity index (χ0n) is 6.68. The number of carbonyl (C=O) groups excluding carboxylic acids is 1. The largest absolute Gasteiger partial charge is 0.397 e. The van der Waals surface area contributed by atoms with Crippen molar-refractivity contribution >= 4 is 51.3 Å². The van der Waals surface area contributed by atoms with E-state index >= 15 is 0 Å². The number of benzene rings is 1. The molecule has 13 heavy (non-hydrogen) atoms. The number of hydrogen-bond donors (Lipinski definition) is 2. The molecule has 1 rings (SSSR count). The molecule has 0 aromatic heterocycles. The van der Waals surface area contributed by atoms with Crippen LogP contribution in [0.25, 0.3) is 0 Å². The van der Waals surface area contributed by atoms with Gasteiger partial charge in [-0.25, -0.2) is 0 Å². The number of ketones is 1. The Bertz CT molecular complexity index is 354. The van der Waals surface area contributed by atoms with Crippen molar-refractivity contribution in [3.8, 4) is 0 Å². The van der Waals surface area contributed by atoms with E-state index in [1.54, 1.807) is 12.1 Å². The van der Waals surface area contributed by atoms with Crippen molar-refractivity contribution in [2.24, 2.45) is 0 Å². The van der Waals surface area contributed by atoms with Gasteiger partial charge in [-0.1, -0.05) is 0 Å². The van der Waals surface area contributed by atoms with Crippen molar-refractivity contribution in [2.45, 2.75) is 0 Å². The Hall–Kier alpha value is -0.490. The lowest BCUT2D eigenvalue weighted by molar-refractivity contribution is 0.102. The summed E-state index contributed by atoms with van der Waals surface area (Å²) >= 11 is 7.41. The maximum Gasteiger partial charge on any atom is 0.178 e. The van der Waals surface area contributed by atoms with Gasteiger partial charge in [0.1, 0.15) is 0 Å². The first-order chi connectivity index (χ1) is 6.07. The lowest BCUT2D eigenvalue weighted by Crippen LogP contribution is -2.07. The van der Waals surface area contributed by atoms with Gasteiger partial charge in [0.15, 0.2) is 5.78 Å². The van der Waals surface area contributed by atoms with E-state index in [4.69, 9.17) is 23.1 Å². The minimum Gasteiger partial charge on any atom is -0.397 e. The highest BCUT2D eigenvalue weighted by molar-refractivity contribution is 14.1. The maximum atomic E-state index is 11.3. The Morgan fingerprint density at radius 2 is 2.08 bits per heavy atom. The van der Waals surface area contributed by atoms with Crippen LogP contribution in [0.15, 0.2) is 12.1 Å². The quantitative estimate of drug-likeness (QED) is 0.379. The molecule has 3 nitrogen and oxygen atoms in total. The van der Waals surface area contributed by atoms with Gasteiger partial charge in [0.05, 0.1) is 17.3 Å². The fourth-order valence-electron chi connectivity index (χ4n) is 0.895. The molecule has 0 aliphatic carbocycles. The Balaban J connectivity index is 3.26. The molecule has 0 amide bonds. The van der Waals surface area contributed by atoms with E-state index in [1.807, 2.05) is 22.6 Å². The van der Waals surface area contributed by atoms with E-state index in [0.29, 0.717) is 20.5 Å². The van der Waals surface area contributed by atoms with Gasteiger partial charge in [-0.2, -0.15) is 0 Å². The summed E-state index contributed by atoms with van der Waals surface area (Å²) in [6, 6.07) is 3.25. The van der Waals surface area contributed by atoms with E-state index in [-0.39, 0.29) is 11.7 Å². The molecule has 0 bridgehead atoms. The Labute approximate surface area is 94.6 Å². The van der Waals surface area contributed by atoms with Crippen LogP contribution in [0.1, 0.15) is 10.4 Å². The molecular weight excluding hydrogens is 302 g/mol. The standard InChI is InChI=1S/C8H8ClIN2O/c9-3-6(13)4-1-2-5(11)8(12)7(4)10/h1-2H,3,11-12H2. The Morgan fingerprint density at radius 3 is 2.62 bits per heavy atom. The Morgan fingerprint density at radius 1 is 1.46 bits per heavy atom. The summed E-state index contributed by atoms with van der Waals surface area (Å²) in [4.78, 5) is 11.3. The fraction of sp³-hybridized carbons (Fsp3) is 0.125. The molecule has 0 saturated carbocycles. The van der Waals surface area contributed by atoms with Crippen LogP contribution in [0.3, 0.4) is 0 Å². The number of anilines is 2. The molecule has 0 atom stereocenters. The van der Waals surface area contributed by atoms with Gasteiger partial charge >= 0.3 is 0 Å². The second kappa shape index (κ2) is 4.15. The molecule has 0 fully saturated rings. The second-order valence-corrected chi connectivity index (χ2v) is 3.83. The van der Waals surface area contributed by atoms with Crippen molar-refractivity contribution in [3.05, 3.63) is 21.3 Å². The Kier molecular flexibility index (Phi) is 3.38. The average molecular weight is 311 g/mol. The third-order valence-electron chi connectivity index (χ3n) is 1.64. The summed E-state index contributed by atoms with van der Waals surface area (Å²) in [6.07, 6.45) is 0. The highest BCUT2D eigenvalue weighted by Crippen LogP contribution is 2.25. The molecular formula is C8H8ClIN2O. The van der Waals surface area contributed by atoms with Gasteiger partial charge in [-0.15, -0.1) is 11.6 Å². The molecule has 0 unspecified atom stereocenters. The van der Waals surface area contributed by atoms with Crippen molar-refractivity contribution in [2.75, 3.05) is 17.3 Å². The number of rotatable bonds is 2. The van der Waals surface area contributed by atoms with Crippen LogP contribution in [0.5, 0.6) is 0 Å². The van der Waals surface area contributed by atoms with Crippen LogP contribution in [-0.4, -0.2) is 11.7 Å². The molecule has 0 heterocycles. The van der Waals surface area contributed by atoms with E-state index in [1.165, 1.54) is 0 Å². The predicted octanol–water partition coefficient (Wildman–Crippen LogP) is 1.88. The van der Waals surface area contributed by atoms with Gasteiger partial charge in [0.2, 0.25) is 0 Å². The third kappa shape index (κ3) is 2.05. The van der Waals surface area contributed by atoms with Gasteiger partial charge < -0.3 is 11.5 Å². The van der Waals surface area contributed by atoms with Gasteiger partial charge in [-0.05, 0) is 34.7 Å². The van der Waals surface area contributed by atoms with Gasteiger partial charge in [0.25, 0.3) is 0 Å². The van der Waals surface area contributed by atoms with Crippen LogP contribution in [0.2, 0.25) is 0 Å². The fourth-order valence-corrected chi connectivity index (χ4v) is 1.83. The SMILES string of the molecule is Nc1ccc(C(=O)CCl)c(I)c1N. The number of alkyl halides is 1. The normalized spacial score (nSPS) is 10.0. The average Bonchev–Trinajstić information content (AvgIpc) is 2.13. The summed E-state index contributed by atoms with van der Waals surface area (Å²) < 4.78 is 0.670. The molecule has 0 saturated heterocycles. The highest BCUT2D eigenvalue weighted by atomic mass is 127. The summed E-state index contributed by atoms with van der Waals surface area (Å²) in [7, 11) is 0. The molecule has 1 aromatic rings. The van der Waals surface area contributed by atoms with E-state index in [9.17, 15) is 4.79 Å². The number of halogens is 2. The topological polar surface area (TPSA) is 69.1 Å². The monoisotopic (exact) mass is 310 g/mol. The first kappa shape index (κ1) is 10.6. The zero-order valence-corrected chi connectivity index (χ0v) is 9.59. The third-order valence-corrected chi connectivity index (χ3v) is 3.04. The van der Waals surface area contributed by atoms with Crippen molar-refractivity contribution in [1.29, 1.82) is 0 Å². The number of hydrogen-bond acceptors (Lipinski definition) is 3. The number of nitrogens with two attached hydrogens (primary N) is 2. The van der Waals surface area contributed by atoms with Crippen molar-refractivity contribution < 1.29 is 4.79 Å².